The Kier molecular flexibility index (Phi) is 4.34. The van der Waals surface area contributed by atoms with Crippen LogP contribution < -0.4 is 5.32 Å². The molecule has 0 aromatic rings. The standard InChI is InChI=1S/C15H22N2O4/c1-4-17(3)14(19)8(2)16-13(18)11-9-5-6-10(7-9)12(11)15(20)21/h5-6,8-12H,4,7H2,1-3H3,(H,16,18)(H,20,21)/t8?,9?,10?,11-,12+/m0/s1. The number of allylic oxidation sites excluding steroid dienone is 2. The van der Waals surface area contributed by atoms with Crippen LogP contribution in [0.4, 0.5) is 0 Å². The van der Waals surface area contributed by atoms with E-state index in [0.29, 0.717) is 13.0 Å². The van der Waals surface area contributed by atoms with Crippen LogP contribution in [0, 0.1) is 23.7 Å². The molecule has 2 amide bonds. The summed E-state index contributed by atoms with van der Waals surface area (Å²) in [5, 5.41) is 12.0. The summed E-state index contributed by atoms with van der Waals surface area (Å²) in [4.78, 5) is 37.3. The van der Waals surface area contributed by atoms with Crippen molar-refractivity contribution < 1.29 is 19.5 Å². The molecule has 2 N–H and O–H groups in total. The normalized spacial score (nSPS) is 31.0. The number of fused-ring (bicyclic) bond motifs is 2. The van der Waals surface area contributed by atoms with Gasteiger partial charge < -0.3 is 15.3 Å². The van der Waals surface area contributed by atoms with E-state index in [1.165, 1.54) is 4.90 Å². The average Bonchev–Trinajstić information content (AvgIpc) is 3.05. The number of nitrogens with zero attached hydrogens (tertiary/aromatic N) is 1. The second-order valence-electron chi connectivity index (χ2n) is 5.92. The highest BCUT2D eigenvalue weighted by atomic mass is 16.4. The molecule has 0 saturated heterocycles. The summed E-state index contributed by atoms with van der Waals surface area (Å²) in [5.41, 5.74) is 0. The van der Waals surface area contributed by atoms with Gasteiger partial charge in [0, 0.05) is 13.6 Å². The Morgan fingerprint density at radius 1 is 1.29 bits per heavy atom. The van der Waals surface area contributed by atoms with Crippen LogP contribution in [0.25, 0.3) is 0 Å². The molecular weight excluding hydrogens is 272 g/mol. The quantitative estimate of drug-likeness (QED) is 0.723. The molecule has 6 nitrogen and oxygen atoms in total. The number of hydrogen-bond donors (Lipinski definition) is 2. The van der Waals surface area contributed by atoms with E-state index in [1.807, 2.05) is 19.1 Å². The fraction of sp³-hybridized carbons (Fsp3) is 0.667. The number of hydrogen-bond acceptors (Lipinski definition) is 3. The summed E-state index contributed by atoms with van der Waals surface area (Å²) in [7, 11) is 1.67. The average molecular weight is 294 g/mol. The lowest BCUT2D eigenvalue weighted by Crippen LogP contribution is -2.49. The molecule has 2 bridgehead atoms. The summed E-state index contributed by atoms with van der Waals surface area (Å²) in [5.74, 6) is -2.77. The Bertz CT molecular complexity index is 488. The summed E-state index contributed by atoms with van der Waals surface area (Å²) in [6, 6.07) is -0.639. The molecule has 116 valence electrons. The van der Waals surface area contributed by atoms with Crippen molar-refractivity contribution in [2.75, 3.05) is 13.6 Å². The fourth-order valence-corrected chi connectivity index (χ4v) is 3.37. The molecule has 1 saturated carbocycles. The summed E-state index contributed by atoms with van der Waals surface area (Å²) >= 11 is 0. The Morgan fingerprint density at radius 2 is 1.86 bits per heavy atom. The van der Waals surface area contributed by atoms with Crippen LogP contribution in [0.1, 0.15) is 20.3 Å². The number of rotatable bonds is 5. The van der Waals surface area contributed by atoms with E-state index in [0.717, 1.165) is 0 Å². The van der Waals surface area contributed by atoms with E-state index in [1.54, 1.807) is 14.0 Å². The molecule has 3 unspecified atom stereocenters. The zero-order valence-corrected chi connectivity index (χ0v) is 12.6. The molecular formula is C15H22N2O4. The van der Waals surface area contributed by atoms with Gasteiger partial charge in [-0.3, -0.25) is 14.4 Å². The number of carbonyl (C=O) groups is 3. The largest absolute Gasteiger partial charge is 0.481 e. The first kappa shape index (κ1) is 15.5. The van der Waals surface area contributed by atoms with Gasteiger partial charge in [-0.05, 0) is 32.1 Å². The molecule has 0 aromatic heterocycles. The Morgan fingerprint density at radius 3 is 2.38 bits per heavy atom. The van der Waals surface area contributed by atoms with Gasteiger partial charge in [-0.25, -0.2) is 0 Å². The second-order valence-corrected chi connectivity index (χ2v) is 5.92. The molecule has 0 spiro atoms. The van der Waals surface area contributed by atoms with Crippen molar-refractivity contribution in [3.63, 3.8) is 0 Å². The van der Waals surface area contributed by atoms with Crippen molar-refractivity contribution >= 4 is 17.8 Å². The van der Waals surface area contributed by atoms with Crippen LogP contribution in [0.2, 0.25) is 0 Å². The first-order chi connectivity index (χ1) is 9.86. The molecule has 2 rings (SSSR count). The molecule has 2 aliphatic rings. The minimum Gasteiger partial charge on any atom is -0.481 e. The number of nitrogens with one attached hydrogen (secondary N) is 1. The van der Waals surface area contributed by atoms with Gasteiger partial charge in [-0.1, -0.05) is 12.2 Å². The minimum absolute atomic E-state index is 0.0256. The smallest absolute Gasteiger partial charge is 0.307 e. The van der Waals surface area contributed by atoms with Gasteiger partial charge in [-0.15, -0.1) is 0 Å². The Hall–Kier alpha value is -1.85. The first-order valence-electron chi connectivity index (χ1n) is 7.33. The molecule has 5 atom stereocenters. The van der Waals surface area contributed by atoms with Crippen LogP contribution in [-0.2, 0) is 14.4 Å². The van der Waals surface area contributed by atoms with Crippen molar-refractivity contribution in [1.29, 1.82) is 0 Å². The molecule has 2 aliphatic carbocycles. The number of aliphatic carboxylic acids is 1. The molecule has 0 heterocycles. The second kappa shape index (κ2) is 5.87. The highest BCUT2D eigenvalue weighted by Gasteiger charge is 2.51. The maximum Gasteiger partial charge on any atom is 0.307 e. The van der Waals surface area contributed by atoms with Crippen LogP contribution in [0.15, 0.2) is 12.2 Å². The van der Waals surface area contributed by atoms with E-state index in [9.17, 15) is 19.5 Å². The number of carboxylic acids is 1. The third kappa shape index (κ3) is 2.80. The van der Waals surface area contributed by atoms with Gasteiger partial charge in [0.05, 0.1) is 11.8 Å². The van der Waals surface area contributed by atoms with Crippen LogP contribution in [-0.4, -0.2) is 47.4 Å². The molecule has 1 fully saturated rings. The predicted molar refractivity (Wildman–Crippen MR) is 76.3 cm³/mol. The Balaban J connectivity index is 2.05. The van der Waals surface area contributed by atoms with Crippen molar-refractivity contribution in [1.82, 2.24) is 10.2 Å². The zero-order chi connectivity index (χ0) is 15.7. The minimum atomic E-state index is -0.934. The number of carboxylic acid groups (broad SMARTS) is 1. The van der Waals surface area contributed by atoms with E-state index < -0.39 is 23.8 Å². The number of likely N-dealkylation sites (N-methyl/N-ethyl adjacent to an activating group) is 1. The van der Waals surface area contributed by atoms with E-state index in [2.05, 4.69) is 5.32 Å². The number of amides is 2. The van der Waals surface area contributed by atoms with Crippen molar-refractivity contribution in [3.05, 3.63) is 12.2 Å². The molecule has 21 heavy (non-hydrogen) atoms. The zero-order valence-electron chi connectivity index (χ0n) is 12.6. The summed E-state index contributed by atoms with van der Waals surface area (Å²) in [6.45, 7) is 4.05. The topological polar surface area (TPSA) is 86.7 Å². The lowest BCUT2D eigenvalue weighted by molar-refractivity contribution is -0.148. The first-order valence-corrected chi connectivity index (χ1v) is 7.33. The highest BCUT2D eigenvalue weighted by molar-refractivity contribution is 5.91. The SMILES string of the molecule is CCN(C)C(=O)C(C)NC(=O)[C@H]1C2C=CC(C2)[C@H]1C(=O)O. The van der Waals surface area contributed by atoms with Crippen molar-refractivity contribution in [2.24, 2.45) is 23.7 Å². The number of carbonyl (C=O) groups excluding carboxylic acids is 2. The van der Waals surface area contributed by atoms with E-state index >= 15 is 0 Å². The highest BCUT2D eigenvalue weighted by Crippen LogP contribution is 2.48. The van der Waals surface area contributed by atoms with Gasteiger partial charge in [0.15, 0.2) is 0 Å². The molecule has 0 radical (unpaired) electrons. The lowest BCUT2D eigenvalue weighted by Gasteiger charge is -2.26. The van der Waals surface area contributed by atoms with Gasteiger partial charge in [0.25, 0.3) is 0 Å². The molecule has 0 aromatic carbocycles. The van der Waals surface area contributed by atoms with Crippen LogP contribution in [0.5, 0.6) is 0 Å². The van der Waals surface area contributed by atoms with E-state index in [4.69, 9.17) is 0 Å². The predicted octanol–water partition coefficient (Wildman–Crippen LogP) is 0.492. The Labute approximate surface area is 124 Å². The molecule has 6 heteroatoms. The summed E-state index contributed by atoms with van der Waals surface area (Å²) < 4.78 is 0. The maximum absolute atomic E-state index is 12.4. The van der Waals surface area contributed by atoms with Gasteiger partial charge in [0.2, 0.25) is 11.8 Å². The molecule has 0 aliphatic heterocycles. The van der Waals surface area contributed by atoms with Gasteiger partial charge >= 0.3 is 5.97 Å². The third-order valence-corrected chi connectivity index (χ3v) is 4.63. The van der Waals surface area contributed by atoms with Crippen molar-refractivity contribution in [3.8, 4) is 0 Å². The monoisotopic (exact) mass is 294 g/mol. The maximum atomic E-state index is 12.4. The van der Waals surface area contributed by atoms with E-state index in [-0.39, 0.29) is 23.7 Å². The van der Waals surface area contributed by atoms with Gasteiger partial charge in [-0.2, -0.15) is 0 Å². The van der Waals surface area contributed by atoms with Gasteiger partial charge in [0.1, 0.15) is 6.04 Å². The summed E-state index contributed by atoms with van der Waals surface area (Å²) in [6.07, 6.45) is 4.54. The van der Waals surface area contributed by atoms with Crippen LogP contribution in [0.3, 0.4) is 0 Å². The lowest BCUT2D eigenvalue weighted by atomic mass is 9.82. The van der Waals surface area contributed by atoms with Crippen molar-refractivity contribution in [2.45, 2.75) is 26.3 Å². The fourth-order valence-electron chi connectivity index (χ4n) is 3.37. The van der Waals surface area contributed by atoms with Crippen LogP contribution >= 0.6 is 0 Å². The third-order valence-electron chi connectivity index (χ3n) is 4.63.